The summed E-state index contributed by atoms with van der Waals surface area (Å²) in [6.45, 7) is 0. The Morgan fingerprint density at radius 2 is 0.516 bits per heavy atom. The van der Waals surface area contributed by atoms with Crippen LogP contribution in [0, 0.1) is 0 Å². The molecule has 2 heterocycles. The van der Waals surface area contributed by atoms with E-state index in [4.69, 9.17) is 8.83 Å². The molecular weight excluding hydrogens is 753 g/mol. The van der Waals surface area contributed by atoms with Gasteiger partial charge in [-0.15, -0.1) is 0 Å². The van der Waals surface area contributed by atoms with Crippen LogP contribution in [-0.2, 0) is 0 Å². The van der Waals surface area contributed by atoms with Crippen molar-refractivity contribution in [2.24, 2.45) is 0 Å². The van der Waals surface area contributed by atoms with Crippen molar-refractivity contribution in [2.75, 3.05) is 0 Å². The second kappa shape index (κ2) is 12.7. The molecule has 11 aromatic carbocycles. The molecule has 13 aromatic rings. The first-order valence-electron chi connectivity index (χ1n) is 21.3. The van der Waals surface area contributed by atoms with E-state index in [0.717, 1.165) is 66.1 Å². The Morgan fingerprint density at radius 1 is 0.194 bits per heavy atom. The average molecular weight is 787 g/mol. The summed E-state index contributed by atoms with van der Waals surface area (Å²) < 4.78 is 13.3. The summed E-state index contributed by atoms with van der Waals surface area (Å²) in [4.78, 5) is 0. The first-order chi connectivity index (χ1) is 30.7. The van der Waals surface area contributed by atoms with Gasteiger partial charge in [-0.05, 0) is 124 Å². The average Bonchev–Trinajstić information content (AvgIpc) is 3.92. The van der Waals surface area contributed by atoms with E-state index in [9.17, 15) is 0 Å². The minimum atomic E-state index is 0.896. The highest BCUT2D eigenvalue weighted by Gasteiger charge is 2.26. The van der Waals surface area contributed by atoms with Crippen LogP contribution in [0.25, 0.3) is 143 Å². The van der Waals surface area contributed by atoms with E-state index in [-0.39, 0.29) is 0 Å². The highest BCUT2D eigenvalue weighted by atomic mass is 16.3. The van der Waals surface area contributed by atoms with Crippen molar-refractivity contribution in [2.45, 2.75) is 0 Å². The Kier molecular flexibility index (Phi) is 6.86. The van der Waals surface area contributed by atoms with Crippen LogP contribution >= 0.6 is 0 Å². The highest BCUT2D eigenvalue weighted by molar-refractivity contribution is 6.27. The largest absolute Gasteiger partial charge is 0.455 e. The molecule has 0 radical (unpaired) electrons. The normalized spacial score (nSPS) is 12.2. The number of furan rings is 2. The summed E-state index contributed by atoms with van der Waals surface area (Å²) in [5, 5.41) is 12.1. The number of rotatable bonds is 2. The van der Waals surface area contributed by atoms with Gasteiger partial charge in [0.2, 0.25) is 0 Å². The number of fused-ring (bicyclic) bond motifs is 20. The lowest BCUT2D eigenvalue weighted by molar-refractivity contribution is 0.669. The van der Waals surface area contributed by atoms with Gasteiger partial charge in [-0.3, -0.25) is 0 Å². The first-order valence-corrected chi connectivity index (χ1v) is 21.3. The summed E-state index contributed by atoms with van der Waals surface area (Å²) >= 11 is 0. The van der Waals surface area contributed by atoms with Crippen LogP contribution in [0.15, 0.2) is 215 Å². The fourth-order valence-corrected chi connectivity index (χ4v) is 10.6. The maximum Gasteiger partial charge on any atom is 0.143 e. The van der Waals surface area contributed by atoms with Gasteiger partial charge in [0, 0.05) is 32.7 Å². The van der Waals surface area contributed by atoms with Gasteiger partial charge in [0.05, 0.1) is 0 Å². The van der Waals surface area contributed by atoms with Gasteiger partial charge in [-0.1, -0.05) is 170 Å². The minimum absolute atomic E-state index is 0.896. The van der Waals surface area contributed by atoms with E-state index < -0.39 is 0 Å². The van der Waals surface area contributed by atoms with E-state index in [1.807, 2.05) is 12.1 Å². The number of benzene rings is 11. The van der Waals surface area contributed by atoms with Gasteiger partial charge in [0.15, 0.2) is 0 Å². The molecule has 0 saturated heterocycles. The van der Waals surface area contributed by atoms with Crippen molar-refractivity contribution >= 4 is 76.2 Å². The van der Waals surface area contributed by atoms with Crippen molar-refractivity contribution in [3.8, 4) is 66.8 Å². The van der Waals surface area contributed by atoms with Crippen LogP contribution in [-0.4, -0.2) is 0 Å². The molecule has 0 N–H and O–H groups in total. The van der Waals surface area contributed by atoms with E-state index in [1.165, 1.54) is 76.8 Å². The predicted molar refractivity (Wildman–Crippen MR) is 260 cm³/mol. The van der Waals surface area contributed by atoms with Gasteiger partial charge in [-0.25, -0.2) is 0 Å². The fourth-order valence-electron chi connectivity index (χ4n) is 10.6. The smallest absolute Gasteiger partial charge is 0.143 e. The Bertz CT molecular complexity index is 4050. The number of hydrogen-bond acceptors (Lipinski definition) is 2. The maximum absolute atomic E-state index is 6.66. The van der Waals surface area contributed by atoms with E-state index in [2.05, 4.69) is 194 Å². The van der Waals surface area contributed by atoms with Crippen LogP contribution in [0.4, 0.5) is 0 Å². The predicted octanol–water partition coefficient (Wildman–Crippen LogP) is 17.3. The van der Waals surface area contributed by atoms with Gasteiger partial charge in [0.1, 0.15) is 22.3 Å². The highest BCUT2D eigenvalue weighted by Crippen LogP contribution is 2.52. The van der Waals surface area contributed by atoms with Crippen molar-refractivity contribution in [1.29, 1.82) is 0 Å². The van der Waals surface area contributed by atoms with Gasteiger partial charge in [0.25, 0.3) is 0 Å². The van der Waals surface area contributed by atoms with Crippen LogP contribution in [0.1, 0.15) is 0 Å². The lowest BCUT2D eigenvalue weighted by Gasteiger charge is -2.25. The Hall–Kier alpha value is -8.20. The van der Waals surface area contributed by atoms with Crippen LogP contribution in [0.2, 0.25) is 0 Å². The standard InChI is InChI=1S/C60H34O2/c1-4-16-42-39(13-1)40-14-2-5-17-43(40)54-34-56-46-30-28-36(38-22-12-24-50-48-20-8-10-26-58(48)62-60(38)50)32-52(46)51-31-35(37-21-11-23-49-47-19-7-9-25-57(47)61-59(37)49)27-29-45(51)41-15-3-6-18-44(41)55(56)33-53(42)54/h1-34H. The zero-order valence-electron chi connectivity index (χ0n) is 33.4. The monoisotopic (exact) mass is 786 g/mol. The molecule has 2 heteroatoms. The molecule has 0 spiro atoms. The number of hydrogen-bond donors (Lipinski definition) is 0. The van der Waals surface area contributed by atoms with E-state index in [0.29, 0.717) is 0 Å². The van der Waals surface area contributed by atoms with Gasteiger partial charge in [-0.2, -0.15) is 0 Å². The minimum Gasteiger partial charge on any atom is -0.455 e. The molecule has 0 bridgehead atoms. The summed E-state index contributed by atoms with van der Waals surface area (Å²) in [5.41, 5.74) is 17.6. The molecule has 0 atom stereocenters. The molecule has 1 aliphatic carbocycles. The van der Waals surface area contributed by atoms with Crippen molar-refractivity contribution in [3.05, 3.63) is 206 Å². The topological polar surface area (TPSA) is 26.3 Å². The quantitative estimate of drug-likeness (QED) is 0.163. The molecule has 0 aliphatic heterocycles. The van der Waals surface area contributed by atoms with Crippen LogP contribution in [0.3, 0.4) is 0 Å². The van der Waals surface area contributed by atoms with Crippen molar-refractivity contribution in [1.82, 2.24) is 0 Å². The first kappa shape index (κ1) is 33.6. The SMILES string of the molecule is c1ccc2c(c1)-c1ccc(-c3cccc4c3oc3ccccc34)cc1-c1cc(-c3cccc4c3oc3ccccc34)ccc1-c1cc3c4ccccc4c4ccccc4c3cc1-2. The molecule has 62 heavy (non-hydrogen) atoms. The molecule has 2 nitrogen and oxygen atoms in total. The van der Waals surface area contributed by atoms with Gasteiger partial charge < -0.3 is 8.83 Å². The van der Waals surface area contributed by atoms with E-state index >= 15 is 0 Å². The van der Waals surface area contributed by atoms with Crippen molar-refractivity contribution < 1.29 is 8.83 Å². The van der Waals surface area contributed by atoms with E-state index in [1.54, 1.807) is 0 Å². The van der Waals surface area contributed by atoms with Crippen molar-refractivity contribution in [3.63, 3.8) is 0 Å². The van der Waals surface area contributed by atoms with Crippen LogP contribution < -0.4 is 0 Å². The maximum atomic E-state index is 6.66. The molecule has 14 rings (SSSR count). The Labute approximate surface area is 356 Å². The number of para-hydroxylation sites is 4. The molecule has 286 valence electrons. The molecule has 2 aromatic heterocycles. The zero-order valence-corrected chi connectivity index (χ0v) is 33.4. The summed E-state index contributed by atoms with van der Waals surface area (Å²) in [6.07, 6.45) is 0. The Morgan fingerprint density at radius 3 is 1.00 bits per heavy atom. The molecule has 0 amide bonds. The summed E-state index contributed by atoms with van der Waals surface area (Å²) in [6, 6.07) is 75.4. The molecule has 0 unspecified atom stereocenters. The second-order valence-corrected chi connectivity index (χ2v) is 16.7. The fraction of sp³-hybridized carbons (Fsp3) is 0. The lowest BCUT2D eigenvalue weighted by atomic mass is 9.78. The molecular formula is C60H34O2. The zero-order chi connectivity index (χ0) is 40.5. The lowest BCUT2D eigenvalue weighted by Crippen LogP contribution is -1.99. The van der Waals surface area contributed by atoms with Gasteiger partial charge >= 0.3 is 0 Å². The third-order valence-corrected chi connectivity index (χ3v) is 13.4. The Balaban J connectivity index is 1.11. The molecule has 0 saturated carbocycles. The summed E-state index contributed by atoms with van der Waals surface area (Å²) in [7, 11) is 0. The second-order valence-electron chi connectivity index (χ2n) is 16.7. The third-order valence-electron chi connectivity index (χ3n) is 13.4. The molecule has 0 fully saturated rings. The summed E-state index contributed by atoms with van der Waals surface area (Å²) in [5.74, 6) is 0. The third kappa shape index (κ3) is 4.69. The molecule has 1 aliphatic rings. The van der Waals surface area contributed by atoms with Crippen LogP contribution in [0.5, 0.6) is 0 Å².